The standard InChI is InChI=1S/C14H15NO4/c1-9-6-7-10(19-9)8-15(2)14(18)11-4-3-5-12(16)13(11)17/h3-7,16-17H,8H2,1-2H3. The minimum Gasteiger partial charge on any atom is -0.504 e. The minimum atomic E-state index is -0.407. The summed E-state index contributed by atoms with van der Waals surface area (Å²) in [6.45, 7) is 2.12. The average Bonchev–Trinajstić information content (AvgIpc) is 2.77. The zero-order valence-electron chi connectivity index (χ0n) is 10.8. The highest BCUT2D eigenvalue weighted by molar-refractivity contribution is 5.97. The summed E-state index contributed by atoms with van der Waals surface area (Å²) in [5, 5.41) is 19.1. The van der Waals surface area contributed by atoms with Crippen LogP contribution in [0.15, 0.2) is 34.7 Å². The SMILES string of the molecule is Cc1ccc(CN(C)C(=O)c2cccc(O)c2O)o1. The van der Waals surface area contributed by atoms with Gasteiger partial charge in [0, 0.05) is 7.05 Å². The number of benzene rings is 1. The van der Waals surface area contributed by atoms with E-state index in [1.807, 2.05) is 13.0 Å². The minimum absolute atomic E-state index is 0.0609. The number of carbonyl (C=O) groups excluding carboxylic acids is 1. The topological polar surface area (TPSA) is 73.9 Å². The molecule has 0 spiro atoms. The van der Waals surface area contributed by atoms with Crippen LogP contribution in [-0.2, 0) is 6.54 Å². The molecule has 0 saturated heterocycles. The third-order valence-corrected chi connectivity index (χ3v) is 2.78. The van der Waals surface area contributed by atoms with Gasteiger partial charge in [-0.15, -0.1) is 0 Å². The number of hydrogen-bond acceptors (Lipinski definition) is 4. The molecular formula is C14H15NO4. The predicted molar refractivity (Wildman–Crippen MR) is 69.0 cm³/mol. The number of nitrogens with zero attached hydrogens (tertiary/aromatic N) is 1. The van der Waals surface area contributed by atoms with E-state index in [0.717, 1.165) is 5.76 Å². The maximum Gasteiger partial charge on any atom is 0.257 e. The molecule has 0 aliphatic rings. The first-order valence-corrected chi connectivity index (χ1v) is 5.80. The Hall–Kier alpha value is -2.43. The first kappa shape index (κ1) is 13.0. The summed E-state index contributed by atoms with van der Waals surface area (Å²) < 4.78 is 5.39. The molecule has 1 aromatic heterocycles. The second-order valence-electron chi connectivity index (χ2n) is 4.35. The van der Waals surface area contributed by atoms with Gasteiger partial charge < -0.3 is 19.5 Å². The molecule has 0 fully saturated rings. The predicted octanol–water partition coefficient (Wildman–Crippen LogP) is 2.27. The molecule has 1 aromatic carbocycles. The molecular weight excluding hydrogens is 246 g/mol. The van der Waals surface area contributed by atoms with Crippen molar-refractivity contribution < 1.29 is 19.4 Å². The first-order valence-electron chi connectivity index (χ1n) is 5.80. The van der Waals surface area contributed by atoms with Crippen molar-refractivity contribution in [2.75, 3.05) is 7.05 Å². The third-order valence-electron chi connectivity index (χ3n) is 2.78. The van der Waals surface area contributed by atoms with Crippen LogP contribution in [0.2, 0.25) is 0 Å². The van der Waals surface area contributed by atoms with Crippen molar-refractivity contribution in [3.63, 3.8) is 0 Å². The largest absolute Gasteiger partial charge is 0.504 e. The molecule has 0 unspecified atom stereocenters. The van der Waals surface area contributed by atoms with Crippen LogP contribution in [0.3, 0.4) is 0 Å². The summed E-state index contributed by atoms with van der Waals surface area (Å²) in [7, 11) is 1.60. The smallest absolute Gasteiger partial charge is 0.257 e. The van der Waals surface area contributed by atoms with Gasteiger partial charge in [-0.1, -0.05) is 6.07 Å². The van der Waals surface area contributed by atoms with Gasteiger partial charge in [-0.2, -0.15) is 0 Å². The molecule has 0 aliphatic carbocycles. The van der Waals surface area contributed by atoms with Crippen molar-refractivity contribution >= 4 is 5.91 Å². The number of aryl methyl sites for hydroxylation is 1. The Morgan fingerprint density at radius 3 is 2.63 bits per heavy atom. The summed E-state index contributed by atoms with van der Waals surface area (Å²) in [5.41, 5.74) is 0.0609. The molecule has 1 amide bonds. The van der Waals surface area contributed by atoms with Gasteiger partial charge in [-0.25, -0.2) is 0 Å². The number of phenols is 2. The number of furan rings is 1. The van der Waals surface area contributed by atoms with Gasteiger partial charge in [0.25, 0.3) is 5.91 Å². The molecule has 5 heteroatoms. The van der Waals surface area contributed by atoms with Gasteiger partial charge in [0.05, 0.1) is 12.1 Å². The van der Waals surface area contributed by atoms with Gasteiger partial charge in [-0.05, 0) is 31.2 Å². The Morgan fingerprint density at radius 1 is 1.26 bits per heavy atom. The van der Waals surface area contributed by atoms with E-state index in [1.54, 1.807) is 13.1 Å². The van der Waals surface area contributed by atoms with E-state index in [1.165, 1.54) is 23.1 Å². The van der Waals surface area contributed by atoms with E-state index >= 15 is 0 Å². The fraction of sp³-hybridized carbons (Fsp3) is 0.214. The number of amides is 1. The summed E-state index contributed by atoms with van der Waals surface area (Å²) in [4.78, 5) is 13.6. The highest BCUT2D eigenvalue weighted by Gasteiger charge is 2.18. The molecule has 19 heavy (non-hydrogen) atoms. The number of para-hydroxylation sites is 1. The molecule has 2 aromatic rings. The maximum atomic E-state index is 12.1. The monoisotopic (exact) mass is 261 g/mol. The Morgan fingerprint density at radius 2 is 2.00 bits per heavy atom. The molecule has 0 atom stereocenters. The molecule has 2 rings (SSSR count). The van der Waals surface area contributed by atoms with Crippen LogP contribution in [-0.4, -0.2) is 28.1 Å². The lowest BCUT2D eigenvalue weighted by Crippen LogP contribution is -2.26. The molecule has 0 aliphatic heterocycles. The molecule has 0 saturated carbocycles. The lowest BCUT2D eigenvalue weighted by atomic mass is 10.1. The highest BCUT2D eigenvalue weighted by atomic mass is 16.3. The van der Waals surface area contributed by atoms with Crippen LogP contribution in [0.4, 0.5) is 0 Å². The second kappa shape index (κ2) is 5.06. The van der Waals surface area contributed by atoms with Gasteiger partial charge in [0.2, 0.25) is 0 Å². The van der Waals surface area contributed by atoms with E-state index in [0.29, 0.717) is 12.3 Å². The zero-order valence-corrected chi connectivity index (χ0v) is 10.8. The fourth-order valence-electron chi connectivity index (χ4n) is 1.79. The molecule has 0 radical (unpaired) electrons. The second-order valence-corrected chi connectivity index (χ2v) is 4.35. The average molecular weight is 261 g/mol. The fourth-order valence-corrected chi connectivity index (χ4v) is 1.79. The van der Waals surface area contributed by atoms with Gasteiger partial charge >= 0.3 is 0 Å². The lowest BCUT2D eigenvalue weighted by Gasteiger charge is -2.16. The van der Waals surface area contributed by atoms with E-state index in [4.69, 9.17) is 4.42 Å². The normalized spacial score (nSPS) is 10.4. The first-order chi connectivity index (χ1) is 8.99. The van der Waals surface area contributed by atoms with E-state index in [2.05, 4.69) is 0 Å². The Balaban J connectivity index is 2.17. The Bertz CT molecular complexity index is 603. The highest BCUT2D eigenvalue weighted by Crippen LogP contribution is 2.29. The van der Waals surface area contributed by atoms with Crippen LogP contribution in [0, 0.1) is 6.92 Å². The van der Waals surface area contributed by atoms with Gasteiger partial charge in [0.1, 0.15) is 11.5 Å². The maximum absolute atomic E-state index is 12.1. The van der Waals surface area contributed by atoms with Crippen molar-refractivity contribution in [1.29, 1.82) is 0 Å². The van der Waals surface area contributed by atoms with Crippen LogP contribution >= 0.6 is 0 Å². The van der Waals surface area contributed by atoms with Crippen LogP contribution in [0.1, 0.15) is 21.9 Å². The Labute approximate surface area is 110 Å². The van der Waals surface area contributed by atoms with E-state index in [9.17, 15) is 15.0 Å². The molecule has 2 N–H and O–H groups in total. The van der Waals surface area contributed by atoms with Crippen LogP contribution in [0.5, 0.6) is 11.5 Å². The number of carbonyl (C=O) groups is 1. The summed E-state index contributed by atoms with van der Waals surface area (Å²) >= 11 is 0. The van der Waals surface area contributed by atoms with Crippen molar-refractivity contribution in [1.82, 2.24) is 4.90 Å². The van der Waals surface area contributed by atoms with E-state index in [-0.39, 0.29) is 17.2 Å². The molecule has 100 valence electrons. The van der Waals surface area contributed by atoms with Crippen LogP contribution < -0.4 is 0 Å². The summed E-state index contributed by atoms with van der Waals surface area (Å²) in [6, 6.07) is 7.90. The number of phenolic OH excluding ortho intramolecular Hbond substituents is 2. The van der Waals surface area contributed by atoms with Crippen molar-refractivity contribution in [2.24, 2.45) is 0 Å². The van der Waals surface area contributed by atoms with Gasteiger partial charge in [0.15, 0.2) is 11.5 Å². The number of hydrogen-bond donors (Lipinski definition) is 2. The van der Waals surface area contributed by atoms with E-state index < -0.39 is 5.75 Å². The molecule has 5 nitrogen and oxygen atoms in total. The van der Waals surface area contributed by atoms with Crippen molar-refractivity contribution in [3.8, 4) is 11.5 Å². The third kappa shape index (κ3) is 2.70. The van der Waals surface area contributed by atoms with Crippen LogP contribution in [0.25, 0.3) is 0 Å². The Kier molecular flexibility index (Phi) is 3.46. The molecule has 0 bridgehead atoms. The van der Waals surface area contributed by atoms with Crippen molar-refractivity contribution in [2.45, 2.75) is 13.5 Å². The lowest BCUT2D eigenvalue weighted by molar-refractivity contribution is 0.0771. The number of rotatable bonds is 3. The van der Waals surface area contributed by atoms with Crippen molar-refractivity contribution in [3.05, 3.63) is 47.4 Å². The summed E-state index contributed by atoms with van der Waals surface area (Å²) in [6.07, 6.45) is 0. The zero-order chi connectivity index (χ0) is 14.0. The molecule has 1 heterocycles. The number of aromatic hydroxyl groups is 2. The quantitative estimate of drug-likeness (QED) is 0.831. The van der Waals surface area contributed by atoms with Gasteiger partial charge in [-0.3, -0.25) is 4.79 Å². The summed E-state index contributed by atoms with van der Waals surface area (Å²) in [5.74, 6) is 0.328.